The molecule has 0 bridgehead atoms. The fourth-order valence-corrected chi connectivity index (χ4v) is 4.51. The molecule has 1 atom stereocenters. The van der Waals surface area contributed by atoms with Crippen LogP contribution in [0.25, 0.3) is 11.5 Å². The van der Waals surface area contributed by atoms with E-state index in [0.29, 0.717) is 13.1 Å². The highest BCUT2D eigenvalue weighted by atomic mass is 19.1. The van der Waals surface area contributed by atoms with Crippen LogP contribution in [0.4, 0.5) is 9.18 Å². The molecule has 4 aromatic rings. The lowest BCUT2D eigenvalue weighted by molar-refractivity contribution is 0.180. The number of benzene rings is 2. The molecule has 6 nitrogen and oxygen atoms in total. The van der Waals surface area contributed by atoms with Gasteiger partial charge < -0.3 is 14.8 Å². The topological polar surface area (TPSA) is 55.1 Å². The van der Waals surface area contributed by atoms with Crippen LogP contribution in [-0.4, -0.2) is 31.8 Å². The molecule has 168 valence electrons. The third-order valence-electron chi connectivity index (χ3n) is 6.04. The second kappa shape index (κ2) is 8.58. The van der Waals surface area contributed by atoms with Crippen LogP contribution in [0.5, 0.6) is 0 Å². The predicted octanol–water partition coefficient (Wildman–Crippen LogP) is 5.14. The van der Waals surface area contributed by atoms with E-state index in [4.69, 9.17) is 5.10 Å². The Morgan fingerprint density at radius 1 is 1.12 bits per heavy atom. The van der Waals surface area contributed by atoms with E-state index in [1.165, 1.54) is 12.1 Å². The quantitative estimate of drug-likeness (QED) is 0.475. The predicted molar refractivity (Wildman–Crippen MR) is 125 cm³/mol. The number of nitrogens with zero attached hydrogens (tertiary/aromatic N) is 4. The molecule has 1 unspecified atom stereocenters. The molecule has 2 aromatic carbocycles. The third kappa shape index (κ3) is 3.69. The molecule has 0 radical (unpaired) electrons. The molecule has 1 N–H and O–H groups in total. The second-order valence-corrected chi connectivity index (χ2v) is 8.26. The van der Waals surface area contributed by atoms with Crippen molar-refractivity contribution in [3.63, 3.8) is 0 Å². The van der Waals surface area contributed by atoms with Gasteiger partial charge in [0.05, 0.1) is 29.7 Å². The molecule has 1 aliphatic heterocycles. The number of nitrogens with one attached hydrogen (secondary N) is 1. The van der Waals surface area contributed by atoms with Gasteiger partial charge in [-0.3, -0.25) is 0 Å². The Kier molecular flexibility index (Phi) is 5.46. The van der Waals surface area contributed by atoms with Crippen LogP contribution >= 0.6 is 0 Å². The van der Waals surface area contributed by atoms with Gasteiger partial charge in [-0.2, -0.15) is 5.10 Å². The molecule has 0 saturated carbocycles. The highest BCUT2D eigenvalue weighted by Gasteiger charge is 2.35. The summed E-state index contributed by atoms with van der Waals surface area (Å²) in [5.41, 5.74) is 4.35. The highest BCUT2D eigenvalue weighted by molar-refractivity contribution is 5.76. The zero-order valence-electron chi connectivity index (χ0n) is 18.7. The van der Waals surface area contributed by atoms with Gasteiger partial charge in [-0.05, 0) is 55.3 Å². The molecule has 0 aliphatic carbocycles. The van der Waals surface area contributed by atoms with Gasteiger partial charge in [0.25, 0.3) is 0 Å². The SMILES string of the molecule is CCCNC(=O)N1Cc2c(C)nn(-c3ccccc3)c2-n2cccc2C1c1cccc(F)c1. The Balaban J connectivity index is 1.74. The second-order valence-electron chi connectivity index (χ2n) is 8.26. The Hall–Kier alpha value is -3.87. The first kappa shape index (κ1) is 21.0. The van der Waals surface area contributed by atoms with Crippen LogP contribution in [0.2, 0.25) is 0 Å². The minimum Gasteiger partial charge on any atom is -0.338 e. The van der Waals surface area contributed by atoms with Gasteiger partial charge in [0.1, 0.15) is 11.6 Å². The molecule has 5 rings (SSSR count). The number of fused-ring (bicyclic) bond motifs is 3. The van der Waals surface area contributed by atoms with E-state index in [1.54, 1.807) is 11.0 Å². The number of hydrogen-bond donors (Lipinski definition) is 1. The van der Waals surface area contributed by atoms with E-state index < -0.39 is 6.04 Å². The molecule has 3 heterocycles. The number of aryl methyl sites for hydroxylation is 1. The summed E-state index contributed by atoms with van der Waals surface area (Å²) in [5, 5.41) is 7.84. The van der Waals surface area contributed by atoms with Crippen molar-refractivity contribution in [2.24, 2.45) is 0 Å². The Morgan fingerprint density at radius 3 is 2.70 bits per heavy atom. The van der Waals surface area contributed by atoms with E-state index in [-0.39, 0.29) is 11.8 Å². The Bertz CT molecular complexity index is 1290. The van der Waals surface area contributed by atoms with Gasteiger partial charge >= 0.3 is 6.03 Å². The summed E-state index contributed by atoms with van der Waals surface area (Å²) in [5.74, 6) is 0.568. The summed E-state index contributed by atoms with van der Waals surface area (Å²) in [4.78, 5) is 15.2. The fourth-order valence-electron chi connectivity index (χ4n) is 4.51. The van der Waals surface area contributed by atoms with Crippen molar-refractivity contribution < 1.29 is 9.18 Å². The largest absolute Gasteiger partial charge is 0.338 e. The van der Waals surface area contributed by atoms with Gasteiger partial charge in [0.2, 0.25) is 0 Å². The maximum absolute atomic E-state index is 14.3. The molecule has 7 heteroatoms. The summed E-state index contributed by atoms with van der Waals surface area (Å²) >= 11 is 0. The number of aromatic nitrogens is 3. The number of urea groups is 1. The summed E-state index contributed by atoms with van der Waals surface area (Å²) in [6.45, 7) is 4.91. The van der Waals surface area contributed by atoms with E-state index >= 15 is 0 Å². The Labute approximate surface area is 192 Å². The van der Waals surface area contributed by atoms with Crippen molar-refractivity contribution in [3.8, 4) is 11.5 Å². The first-order valence-corrected chi connectivity index (χ1v) is 11.2. The smallest absolute Gasteiger partial charge is 0.318 e. The minimum absolute atomic E-state index is 0.182. The van der Waals surface area contributed by atoms with Crippen molar-refractivity contribution in [2.75, 3.05) is 6.54 Å². The fraction of sp³-hybridized carbons (Fsp3) is 0.231. The average Bonchev–Trinajstić information content (AvgIpc) is 3.38. The van der Waals surface area contributed by atoms with E-state index in [2.05, 4.69) is 9.88 Å². The number of rotatable bonds is 4. The summed E-state index contributed by atoms with van der Waals surface area (Å²) in [6.07, 6.45) is 2.81. The number of carbonyl (C=O) groups excluding carboxylic acids is 1. The average molecular weight is 444 g/mol. The number of hydrogen-bond acceptors (Lipinski definition) is 2. The van der Waals surface area contributed by atoms with E-state index in [9.17, 15) is 9.18 Å². The van der Waals surface area contributed by atoms with Gasteiger partial charge in [0.15, 0.2) is 0 Å². The molecule has 0 spiro atoms. The van der Waals surface area contributed by atoms with Crippen molar-refractivity contribution in [2.45, 2.75) is 32.9 Å². The number of para-hydroxylation sites is 1. The van der Waals surface area contributed by atoms with Crippen molar-refractivity contribution in [3.05, 3.63) is 101 Å². The monoisotopic (exact) mass is 443 g/mol. The van der Waals surface area contributed by atoms with Crippen LogP contribution < -0.4 is 5.32 Å². The molecule has 0 saturated heterocycles. The maximum atomic E-state index is 14.3. The Morgan fingerprint density at radius 2 is 1.94 bits per heavy atom. The van der Waals surface area contributed by atoms with Crippen LogP contribution in [0, 0.1) is 12.7 Å². The zero-order valence-corrected chi connectivity index (χ0v) is 18.7. The third-order valence-corrected chi connectivity index (χ3v) is 6.04. The number of amides is 2. The normalized spacial score (nSPS) is 15.0. The maximum Gasteiger partial charge on any atom is 0.318 e. The van der Waals surface area contributed by atoms with Crippen molar-refractivity contribution in [1.82, 2.24) is 24.6 Å². The van der Waals surface area contributed by atoms with Gasteiger partial charge in [0, 0.05) is 18.3 Å². The summed E-state index contributed by atoms with van der Waals surface area (Å²) in [7, 11) is 0. The van der Waals surface area contributed by atoms with E-state index in [0.717, 1.165) is 40.4 Å². The van der Waals surface area contributed by atoms with Crippen molar-refractivity contribution in [1.29, 1.82) is 0 Å². The van der Waals surface area contributed by atoms with E-state index in [1.807, 2.05) is 73.3 Å². The van der Waals surface area contributed by atoms with Gasteiger partial charge in [-0.15, -0.1) is 0 Å². The molecular weight excluding hydrogens is 417 g/mol. The summed E-state index contributed by atoms with van der Waals surface area (Å²) < 4.78 is 18.3. The van der Waals surface area contributed by atoms with Crippen LogP contribution in [-0.2, 0) is 6.54 Å². The zero-order chi connectivity index (χ0) is 22.9. The molecule has 1 aliphatic rings. The van der Waals surface area contributed by atoms with Gasteiger partial charge in [-0.25, -0.2) is 13.9 Å². The highest BCUT2D eigenvalue weighted by Crippen LogP contribution is 2.38. The van der Waals surface area contributed by atoms with Crippen LogP contribution in [0.1, 0.15) is 41.9 Å². The first-order valence-electron chi connectivity index (χ1n) is 11.2. The lowest BCUT2D eigenvalue weighted by Crippen LogP contribution is -2.42. The van der Waals surface area contributed by atoms with Crippen LogP contribution in [0.15, 0.2) is 72.9 Å². The standard InChI is InChI=1S/C26H26FN5O/c1-3-14-28-26(33)31-17-22-18(2)29-32(21-11-5-4-6-12-21)25(22)30-15-8-13-23(30)24(31)19-9-7-10-20(27)16-19/h4-13,15-16,24H,3,14,17H2,1-2H3,(H,28,33). The lowest BCUT2D eigenvalue weighted by atomic mass is 10.0. The minimum atomic E-state index is -0.455. The molecule has 0 fully saturated rings. The molecular formula is C26H26FN5O. The summed E-state index contributed by atoms with van der Waals surface area (Å²) in [6, 6.07) is 19.7. The lowest BCUT2D eigenvalue weighted by Gasteiger charge is -2.31. The van der Waals surface area contributed by atoms with Gasteiger partial charge in [-0.1, -0.05) is 37.3 Å². The van der Waals surface area contributed by atoms with Crippen molar-refractivity contribution >= 4 is 6.03 Å². The molecule has 2 aromatic heterocycles. The molecule has 33 heavy (non-hydrogen) atoms. The molecule has 2 amide bonds. The van der Waals surface area contributed by atoms with Crippen LogP contribution in [0.3, 0.4) is 0 Å². The number of carbonyl (C=O) groups is 1. The number of halogens is 1. The first-order chi connectivity index (χ1) is 16.1.